The first-order valence-corrected chi connectivity index (χ1v) is 8.16. The van der Waals surface area contributed by atoms with E-state index in [1.54, 1.807) is 25.4 Å². The van der Waals surface area contributed by atoms with Crippen LogP contribution in [0.25, 0.3) is 0 Å². The van der Waals surface area contributed by atoms with Gasteiger partial charge in [-0.25, -0.2) is 0 Å². The number of halogens is 2. The summed E-state index contributed by atoms with van der Waals surface area (Å²) in [5.41, 5.74) is 0.546. The lowest BCUT2D eigenvalue weighted by Crippen LogP contribution is -2.37. The van der Waals surface area contributed by atoms with E-state index in [-0.39, 0.29) is 12.3 Å². The quantitative estimate of drug-likeness (QED) is 0.404. The van der Waals surface area contributed by atoms with Crippen molar-refractivity contribution in [1.82, 2.24) is 20.4 Å². The van der Waals surface area contributed by atoms with Crippen molar-refractivity contribution in [3.8, 4) is 11.5 Å². The highest BCUT2D eigenvalue weighted by atomic mass is 19.3. The molecule has 7 nitrogen and oxygen atoms in total. The SMILES string of the molecule is CN=C(NCCCn1cccn1)NCc1cc(OC)ccc1OC(F)F. The van der Waals surface area contributed by atoms with Gasteiger partial charge in [0.25, 0.3) is 0 Å². The lowest BCUT2D eigenvalue weighted by atomic mass is 10.2. The number of hydrogen-bond acceptors (Lipinski definition) is 4. The van der Waals surface area contributed by atoms with E-state index in [0.717, 1.165) is 13.0 Å². The molecule has 0 saturated carbocycles. The highest BCUT2D eigenvalue weighted by Crippen LogP contribution is 2.25. The maximum Gasteiger partial charge on any atom is 0.387 e. The summed E-state index contributed by atoms with van der Waals surface area (Å²) in [7, 11) is 3.16. The number of rotatable bonds is 9. The molecule has 0 fully saturated rings. The van der Waals surface area contributed by atoms with Crippen molar-refractivity contribution in [2.75, 3.05) is 20.7 Å². The van der Waals surface area contributed by atoms with E-state index in [4.69, 9.17) is 4.74 Å². The minimum atomic E-state index is -2.89. The molecule has 2 rings (SSSR count). The molecule has 1 aromatic carbocycles. The van der Waals surface area contributed by atoms with Crippen molar-refractivity contribution in [3.63, 3.8) is 0 Å². The van der Waals surface area contributed by atoms with E-state index in [9.17, 15) is 8.78 Å². The van der Waals surface area contributed by atoms with E-state index < -0.39 is 6.61 Å². The Bertz CT molecular complexity index is 692. The lowest BCUT2D eigenvalue weighted by molar-refractivity contribution is -0.0504. The van der Waals surface area contributed by atoms with E-state index in [1.165, 1.54) is 13.2 Å². The van der Waals surface area contributed by atoms with Crippen molar-refractivity contribution in [2.45, 2.75) is 26.1 Å². The number of alkyl halides is 2. The monoisotopic (exact) mass is 367 g/mol. The van der Waals surface area contributed by atoms with Crippen LogP contribution in [0, 0.1) is 0 Å². The largest absolute Gasteiger partial charge is 0.497 e. The Morgan fingerprint density at radius 1 is 1.35 bits per heavy atom. The lowest BCUT2D eigenvalue weighted by Gasteiger charge is -2.15. The Balaban J connectivity index is 1.86. The van der Waals surface area contributed by atoms with Gasteiger partial charge < -0.3 is 20.1 Å². The molecule has 142 valence electrons. The van der Waals surface area contributed by atoms with Crippen molar-refractivity contribution in [2.24, 2.45) is 4.99 Å². The normalized spacial score (nSPS) is 11.5. The number of ether oxygens (including phenoxy) is 2. The minimum absolute atomic E-state index is 0.0995. The smallest absolute Gasteiger partial charge is 0.387 e. The summed E-state index contributed by atoms with van der Waals surface area (Å²) in [5, 5.41) is 10.4. The molecule has 2 N–H and O–H groups in total. The minimum Gasteiger partial charge on any atom is -0.497 e. The number of methoxy groups -OCH3 is 1. The van der Waals surface area contributed by atoms with Gasteiger partial charge in [-0.05, 0) is 30.7 Å². The Morgan fingerprint density at radius 2 is 2.19 bits per heavy atom. The van der Waals surface area contributed by atoms with Crippen LogP contribution >= 0.6 is 0 Å². The van der Waals surface area contributed by atoms with E-state index in [1.807, 2.05) is 16.9 Å². The van der Waals surface area contributed by atoms with Gasteiger partial charge in [0.1, 0.15) is 11.5 Å². The number of hydrogen-bond donors (Lipinski definition) is 2. The van der Waals surface area contributed by atoms with Crippen LogP contribution in [0.4, 0.5) is 8.78 Å². The molecular formula is C17H23F2N5O2. The van der Waals surface area contributed by atoms with Crippen molar-refractivity contribution in [1.29, 1.82) is 0 Å². The fourth-order valence-corrected chi connectivity index (χ4v) is 2.31. The molecule has 0 spiro atoms. The van der Waals surface area contributed by atoms with Gasteiger partial charge in [-0.3, -0.25) is 9.67 Å². The molecule has 0 aliphatic heterocycles. The van der Waals surface area contributed by atoms with Crippen LogP contribution in [0.5, 0.6) is 11.5 Å². The molecule has 0 aliphatic carbocycles. The van der Waals surface area contributed by atoms with Crippen LogP contribution in [0.1, 0.15) is 12.0 Å². The highest BCUT2D eigenvalue weighted by molar-refractivity contribution is 5.79. The van der Waals surface area contributed by atoms with Gasteiger partial charge in [0.15, 0.2) is 5.96 Å². The zero-order valence-corrected chi connectivity index (χ0v) is 14.8. The Hall–Kier alpha value is -2.84. The molecule has 0 amide bonds. The number of benzene rings is 1. The molecule has 0 unspecified atom stereocenters. The van der Waals surface area contributed by atoms with Crippen LogP contribution in [-0.4, -0.2) is 43.1 Å². The molecule has 1 aromatic heterocycles. The van der Waals surface area contributed by atoms with Gasteiger partial charge in [-0.1, -0.05) is 0 Å². The Morgan fingerprint density at radius 3 is 2.85 bits per heavy atom. The zero-order valence-electron chi connectivity index (χ0n) is 14.8. The second-order valence-electron chi connectivity index (χ2n) is 5.33. The molecule has 0 radical (unpaired) electrons. The second-order valence-corrected chi connectivity index (χ2v) is 5.33. The summed E-state index contributed by atoms with van der Waals surface area (Å²) in [5.74, 6) is 1.23. The van der Waals surface area contributed by atoms with Crippen LogP contribution in [0.3, 0.4) is 0 Å². The summed E-state index contributed by atoms with van der Waals surface area (Å²) >= 11 is 0. The molecule has 0 bridgehead atoms. The summed E-state index contributed by atoms with van der Waals surface area (Å²) in [4.78, 5) is 4.12. The molecule has 2 aromatic rings. The van der Waals surface area contributed by atoms with Crippen LogP contribution < -0.4 is 20.1 Å². The van der Waals surface area contributed by atoms with Crippen molar-refractivity contribution in [3.05, 3.63) is 42.2 Å². The molecule has 0 aliphatic rings. The predicted molar refractivity (Wildman–Crippen MR) is 94.7 cm³/mol. The third-order valence-electron chi connectivity index (χ3n) is 3.57. The van der Waals surface area contributed by atoms with Gasteiger partial charge in [0.05, 0.1) is 7.11 Å². The molecule has 9 heteroatoms. The Labute approximate surface area is 151 Å². The standard InChI is InChI=1S/C17H23F2N5O2/c1-20-17(21-7-3-9-24-10-4-8-23-24)22-12-13-11-14(25-2)5-6-15(13)26-16(18)19/h4-6,8,10-11,16H,3,7,9,12H2,1-2H3,(H2,20,21,22). The number of aryl methyl sites for hydroxylation is 1. The Kier molecular flexibility index (Phi) is 7.66. The van der Waals surface area contributed by atoms with E-state index >= 15 is 0 Å². The van der Waals surface area contributed by atoms with E-state index in [0.29, 0.717) is 23.8 Å². The first-order chi connectivity index (χ1) is 12.6. The number of aliphatic imine (C=N–C) groups is 1. The second kappa shape index (κ2) is 10.2. The maximum atomic E-state index is 12.6. The number of nitrogens with zero attached hydrogens (tertiary/aromatic N) is 3. The fraction of sp³-hybridized carbons (Fsp3) is 0.412. The van der Waals surface area contributed by atoms with Crippen molar-refractivity contribution < 1.29 is 18.3 Å². The van der Waals surface area contributed by atoms with Gasteiger partial charge in [-0.15, -0.1) is 0 Å². The predicted octanol–water partition coefficient (Wildman–Crippen LogP) is 2.25. The first-order valence-electron chi connectivity index (χ1n) is 8.16. The van der Waals surface area contributed by atoms with Crippen LogP contribution in [-0.2, 0) is 13.1 Å². The molecule has 0 atom stereocenters. The average Bonchev–Trinajstić information content (AvgIpc) is 3.15. The maximum absolute atomic E-state index is 12.6. The van der Waals surface area contributed by atoms with Gasteiger partial charge >= 0.3 is 6.61 Å². The average molecular weight is 367 g/mol. The molecule has 1 heterocycles. The fourth-order valence-electron chi connectivity index (χ4n) is 2.31. The zero-order chi connectivity index (χ0) is 18.8. The topological polar surface area (TPSA) is 72.7 Å². The number of guanidine groups is 1. The molecular weight excluding hydrogens is 344 g/mol. The van der Waals surface area contributed by atoms with Gasteiger partial charge in [0.2, 0.25) is 0 Å². The summed E-state index contributed by atoms with van der Waals surface area (Å²) in [6, 6.07) is 6.56. The third-order valence-corrected chi connectivity index (χ3v) is 3.57. The summed E-state index contributed by atoms with van der Waals surface area (Å²) < 4.78 is 36.6. The number of aromatic nitrogens is 2. The van der Waals surface area contributed by atoms with Crippen LogP contribution in [0.15, 0.2) is 41.7 Å². The first kappa shape index (κ1) is 19.5. The molecule has 0 saturated heterocycles. The van der Waals surface area contributed by atoms with Crippen molar-refractivity contribution >= 4 is 5.96 Å². The van der Waals surface area contributed by atoms with Crippen LogP contribution in [0.2, 0.25) is 0 Å². The summed E-state index contributed by atoms with van der Waals surface area (Å²) in [6.07, 6.45) is 4.50. The highest BCUT2D eigenvalue weighted by Gasteiger charge is 2.11. The van der Waals surface area contributed by atoms with Gasteiger partial charge in [0, 0.05) is 44.6 Å². The third kappa shape index (κ3) is 6.23. The molecule has 26 heavy (non-hydrogen) atoms. The van der Waals surface area contributed by atoms with E-state index in [2.05, 4.69) is 25.5 Å². The number of nitrogens with one attached hydrogen (secondary N) is 2. The van der Waals surface area contributed by atoms with Gasteiger partial charge in [-0.2, -0.15) is 13.9 Å². The summed E-state index contributed by atoms with van der Waals surface area (Å²) in [6.45, 7) is -1.14.